The second-order valence-electron chi connectivity index (χ2n) is 5.64. The van der Waals surface area contributed by atoms with Gasteiger partial charge in [-0.1, -0.05) is 12.1 Å². The van der Waals surface area contributed by atoms with Crippen molar-refractivity contribution in [2.45, 2.75) is 11.7 Å². The molecule has 1 amide bonds. The largest absolute Gasteiger partial charge is 0.468 e. The fourth-order valence-electron chi connectivity index (χ4n) is 2.71. The van der Waals surface area contributed by atoms with E-state index in [1.54, 1.807) is 23.1 Å². The highest BCUT2D eigenvalue weighted by Crippen LogP contribution is 2.26. The smallest absolute Gasteiger partial charge is 0.315 e. The summed E-state index contributed by atoms with van der Waals surface area (Å²) in [5.74, 6) is 0.195. The zero-order valence-electron chi connectivity index (χ0n) is 13.4. The maximum absolute atomic E-state index is 12.6. The van der Waals surface area contributed by atoms with Crippen LogP contribution in [0.3, 0.4) is 0 Å². The van der Waals surface area contributed by atoms with Crippen LogP contribution in [0, 0.1) is 0 Å². The number of methoxy groups -OCH3 is 1. The highest BCUT2D eigenvalue weighted by Gasteiger charge is 2.27. The Hall–Kier alpha value is -1.79. The zero-order chi connectivity index (χ0) is 16.9. The van der Waals surface area contributed by atoms with Crippen LogP contribution in [0.5, 0.6) is 0 Å². The lowest BCUT2D eigenvalue weighted by Crippen LogP contribution is -2.29. The lowest BCUT2D eigenvalue weighted by molar-refractivity contribution is -0.137. The third kappa shape index (κ3) is 3.99. The summed E-state index contributed by atoms with van der Waals surface area (Å²) in [5.41, 5.74) is 3.02. The first-order chi connectivity index (χ1) is 11.7. The fraction of sp³-hybridized carbons (Fsp3) is 0.333. The molecule has 1 aliphatic heterocycles. The van der Waals surface area contributed by atoms with Gasteiger partial charge in [0.25, 0.3) is 5.91 Å². The molecule has 0 bridgehead atoms. The van der Waals surface area contributed by atoms with E-state index in [0.29, 0.717) is 23.1 Å². The van der Waals surface area contributed by atoms with Crippen molar-refractivity contribution < 1.29 is 14.3 Å². The molecule has 0 saturated carbocycles. The minimum atomic E-state index is -0.214. The van der Waals surface area contributed by atoms with Gasteiger partial charge in [0.05, 0.1) is 12.9 Å². The van der Waals surface area contributed by atoms with Gasteiger partial charge in [-0.15, -0.1) is 11.8 Å². The molecular formula is C18H19NO3S2. The summed E-state index contributed by atoms with van der Waals surface area (Å²) in [6.07, 6.45) is 0.917. The number of nitrogens with zero attached hydrogens (tertiary/aromatic N) is 1. The standard InChI is InChI=1S/C18H19NO3S2/c1-22-17(20)12-24-16-6-8-19(10-16)18(21)14-4-2-13(3-5-14)15-7-9-23-11-15/h2-5,7,9,11,16H,6,8,10,12H2,1H3/t16-/m0/s1. The number of rotatable bonds is 5. The molecule has 6 heteroatoms. The monoisotopic (exact) mass is 361 g/mol. The van der Waals surface area contributed by atoms with Crippen molar-refractivity contribution in [3.05, 3.63) is 46.7 Å². The van der Waals surface area contributed by atoms with Crippen LogP contribution in [-0.2, 0) is 9.53 Å². The Bertz CT molecular complexity index is 698. The molecule has 0 unspecified atom stereocenters. The van der Waals surface area contributed by atoms with Crippen LogP contribution in [0.1, 0.15) is 16.8 Å². The number of thioether (sulfide) groups is 1. The van der Waals surface area contributed by atoms with Crippen LogP contribution in [0.2, 0.25) is 0 Å². The normalized spacial score (nSPS) is 17.0. The average molecular weight is 361 g/mol. The maximum atomic E-state index is 12.6. The molecule has 126 valence electrons. The van der Waals surface area contributed by atoms with Crippen LogP contribution in [0.15, 0.2) is 41.1 Å². The Balaban J connectivity index is 1.58. The SMILES string of the molecule is COC(=O)CS[C@H]1CCN(C(=O)c2ccc(-c3ccsc3)cc2)C1. The molecule has 0 radical (unpaired) electrons. The molecule has 0 aliphatic carbocycles. The third-order valence-electron chi connectivity index (χ3n) is 4.08. The first-order valence-corrected chi connectivity index (χ1v) is 9.77. The summed E-state index contributed by atoms with van der Waals surface area (Å²) in [5, 5.41) is 4.45. The van der Waals surface area contributed by atoms with Crippen molar-refractivity contribution in [2.24, 2.45) is 0 Å². The molecule has 1 atom stereocenters. The number of thiophene rings is 1. The van der Waals surface area contributed by atoms with Gasteiger partial charge in [-0.05, 0) is 46.5 Å². The minimum Gasteiger partial charge on any atom is -0.468 e. The topological polar surface area (TPSA) is 46.6 Å². The molecule has 3 rings (SSSR count). The number of amides is 1. The summed E-state index contributed by atoms with van der Waals surface area (Å²) >= 11 is 3.23. The van der Waals surface area contributed by atoms with Crippen LogP contribution in [0.4, 0.5) is 0 Å². The van der Waals surface area contributed by atoms with E-state index in [2.05, 4.69) is 16.2 Å². The Morgan fingerprint density at radius 1 is 1.25 bits per heavy atom. The molecule has 4 nitrogen and oxygen atoms in total. The van der Waals surface area contributed by atoms with Gasteiger partial charge in [0.15, 0.2) is 0 Å². The Labute approximate surface area is 149 Å². The number of ether oxygens (including phenoxy) is 1. The van der Waals surface area contributed by atoms with E-state index in [0.717, 1.165) is 18.5 Å². The quantitative estimate of drug-likeness (QED) is 0.764. The number of likely N-dealkylation sites (tertiary alicyclic amines) is 1. The molecule has 2 heterocycles. The van der Waals surface area contributed by atoms with E-state index in [1.807, 2.05) is 34.5 Å². The second kappa shape index (κ2) is 7.85. The number of carbonyl (C=O) groups is 2. The molecule has 1 aromatic heterocycles. The van der Waals surface area contributed by atoms with Gasteiger partial charge in [0, 0.05) is 23.9 Å². The van der Waals surface area contributed by atoms with Gasteiger partial charge < -0.3 is 9.64 Å². The fourth-order valence-corrected chi connectivity index (χ4v) is 4.42. The summed E-state index contributed by atoms with van der Waals surface area (Å²) in [4.78, 5) is 25.7. The van der Waals surface area contributed by atoms with Crippen LogP contribution in [0.25, 0.3) is 11.1 Å². The summed E-state index contributed by atoms with van der Waals surface area (Å²) in [7, 11) is 1.40. The van der Waals surface area contributed by atoms with E-state index in [-0.39, 0.29) is 11.9 Å². The Morgan fingerprint density at radius 3 is 2.71 bits per heavy atom. The number of hydrogen-bond donors (Lipinski definition) is 0. The van der Waals surface area contributed by atoms with E-state index < -0.39 is 0 Å². The molecule has 1 fully saturated rings. The van der Waals surface area contributed by atoms with Crippen molar-refractivity contribution in [1.29, 1.82) is 0 Å². The van der Waals surface area contributed by atoms with Gasteiger partial charge in [0.1, 0.15) is 0 Å². The Morgan fingerprint density at radius 2 is 2.04 bits per heavy atom. The number of benzene rings is 1. The van der Waals surface area contributed by atoms with Crippen molar-refractivity contribution in [3.63, 3.8) is 0 Å². The lowest BCUT2D eigenvalue weighted by Gasteiger charge is -2.16. The van der Waals surface area contributed by atoms with E-state index in [9.17, 15) is 9.59 Å². The van der Waals surface area contributed by atoms with Crippen LogP contribution < -0.4 is 0 Å². The predicted molar refractivity (Wildman–Crippen MR) is 98.5 cm³/mol. The van der Waals surface area contributed by atoms with Crippen LogP contribution >= 0.6 is 23.1 Å². The number of hydrogen-bond acceptors (Lipinski definition) is 5. The molecular weight excluding hydrogens is 342 g/mol. The van der Waals surface area contributed by atoms with E-state index in [4.69, 9.17) is 0 Å². The van der Waals surface area contributed by atoms with E-state index in [1.165, 1.54) is 12.7 Å². The first kappa shape index (κ1) is 17.0. The minimum absolute atomic E-state index is 0.0630. The van der Waals surface area contributed by atoms with Crippen LogP contribution in [-0.4, -0.2) is 48.0 Å². The molecule has 24 heavy (non-hydrogen) atoms. The van der Waals surface area contributed by atoms with Gasteiger partial charge in [-0.25, -0.2) is 0 Å². The zero-order valence-corrected chi connectivity index (χ0v) is 15.1. The maximum Gasteiger partial charge on any atom is 0.315 e. The molecule has 2 aromatic rings. The second-order valence-corrected chi connectivity index (χ2v) is 7.71. The van der Waals surface area contributed by atoms with Gasteiger partial charge in [0.2, 0.25) is 0 Å². The highest BCUT2D eigenvalue weighted by atomic mass is 32.2. The lowest BCUT2D eigenvalue weighted by atomic mass is 10.1. The van der Waals surface area contributed by atoms with Gasteiger partial charge in [-0.2, -0.15) is 11.3 Å². The molecule has 0 spiro atoms. The first-order valence-electron chi connectivity index (χ1n) is 7.77. The van der Waals surface area contributed by atoms with Crippen molar-refractivity contribution >= 4 is 35.0 Å². The van der Waals surface area contributed by atoms with Crippen molar-refractivity contribution in [3.8, 4) is 11.1 Å². The molecule has 1 aromatic carbocycles. The number of carbonyl (C=O) groups excluding carboxylic acids is 2. The number of esters is 1. The molecule has 1 saturated heterocycles. The summed E-state index contributed by atoms with van der Waals surface area (Å²) in [6, 6.07) is 9.85. The molecule has 0 N–H and O–H groups in total. The summed E-state index contributed by atoms with van der Waals surface area (Å²) in [6.45, 7) is 1.43. The predicted octanol–water partition coefficient (Wildman–Crippen LogP) is 3.54. The Kier molecular flexibility index (Phi) is 5.58. The van der Waals surface area contributed by atoms with Crippen molar-refractivity contribution in [1.82, 2.24) is 4.90 Å². The van der Waals surface area contributed by atoms with Crippen molar-refractivity contribution in [2.75, 3.05) is 26.0 Å². The molecule has 1 aliphatic rings. The summed E-state index contributed by atoms with van der Waals surface area (Å²) < 4.78 is 4.66. The average Bonchev–Trinajstić information content (AvgIpc) is 3.31. The third-order valence-corrected chi connectivity index (χ3v) is 6.02. The van der Waals surface area contributed by atoms with E-state index >= 15 is 0 Å². The highest BCUT2D eigenvalue weighted by molar-refractivity contribution is 8.00. The van der Waals surface area contributed by atoms with Gasteiger partial charge >= 0.3 is 5.97 Å². The van der Waals surface area contributed by atoms with Gasteiger partial charge in [-0.3, -0.25) is 9.59 Å².